The molecule has 1 N–H and O–H groups in total. The summed E-state index contributed by atoms with van der Waals surface area (Å²) in [4.78, 5) is 0.458. The molecule has 1 rings (SSSR count). The first kappa shape index (κ1) is 16.2. The van der Waals surface area contributed by atoms with Crippen molar-refractivity contribution in [2.45, 2.75) is 50.5 Å². The molecule has 0 heterocycles. The summed E-state index contributed by atoms with van der Waals surface area (Å²) in [5.41, 5.74) is 0.917. The van der Waals surface area contributed by atoms with Crippen molar-refractivity contribution in [3.05, 3.63) is 29.8 Å². The molecule has 4 heteroatoms. The van der Waals surface area contributed by atoms with Gasteiger partial charge in [-0.2, -0.15) is 0 Å². The zero-order valence-electron chi connectivity index (χ0n) is 12.3. The summed E-state index contributed by atoms with van der Waals surface area (Å²) < 4.78 is 23.7. The van der Waals surface area contributed by atoms with Gasteiger partial charge in [0, 0.05) is 12.3 Å². The molecule has 2 unspecified atom stereocenters. The van der Waals surface area contributed by atoms with Crippen molar-refractivity contribution < 1.29 is 8.42 Å². The maximum atomic E-state index is 11.9. The highest BCUT2D eigenvalue weighted by Gasteiger charge is 2.22. The second-order valence-corrected chi connectivity index (χ2v) is 7.05. The summed E-state index contributed by atoms with van der Waals surface area (Å²) in [7, 11) is -3.17. The molecular formula is C15H25NO2S. The van der Waals surface area contributed by atoms with E-state index in [0.717, 1.165) is 24.9 Å². The van der Waals surface area contributed by atoms with Crippen molar-refractivity contribution in [2.24, 2.45) is 0 Å². The number of hydrogen-bond acceptors (Lipinski definition) is 3. The Balaban J connectivity index is 3.08. The van der Waals surface area contributed by atoms with Gasteiger partial charge in [0.1, 0.15) is 0 Å². The Kier molecular flexibility index (Phi) is 6.01. The van der Waals surface area contributed by atoms with E-state index in [1.807, 2.05) is 12.1 Å². The van der Waals surface area contributed by atoms with Crippen LogP contribution in [0.3, 0.4) is 0 Å². The summed E-state index contributed by atoms with van der Waals surface area (Å²) in [6.45, 7) is 7.33. The van der Waals surface area contributed by atoms with Crippen LogP contribution in [0.5, 0.6) is 0 Å². The van der Waals surface area contributed by atoms with Crippen LogP contribution < -0.4 is 5.32 Å². The lowest BCUT2D eigenvalue weighted by atomic mass is 9.91. The molecule has 0 aliphatic carbocycles. The Hall–Kier alpha value is -0.870. The van der Waals surface area contributed by atoms with E-state index in [9.17, 15) is 8.42 Å². The number of rotatable bonds is 7. The maximum absolute atomic E-state index is 11.9. The summed E-state index contributed by atoms with van der Waals surface area (Å²) in [6.07, 6.45) is 3.34. The van der Waals surface area contributed by atoms with Crippen molar-refractivity contribution in [3.63, 3.8) is 0 Å². The number of benzene rings is 1. The number of sulfone groups is 1. The van der Waals surface area contributed by atoms with Crippen LogP contribution in [0.15, 0.2) is 29.2 Å². The molecule has 108 valence electrons. The molecule has 2 atom stereocenters. The van der Waals surface area contributed by atoms with Crippen LogP contribution in [0, 0.1) is 0 Å². The van der Waals surface area contributed by atoms with E-state index >= 15 is 0 Å². The third-order valence-electron chi connectivity index (χ3n) is 3.51. The van der Waals surface area contributed by atoms with Gasteiger partial charge in [0.15, 0.2) is 9.84 Å². The Morgan fingerprint density at radius 1 is 1.21 bits per heavy atom. The topological polar surface area (TPSA) is 46.2 Å². The second-order valence-electron chi connectivity index (χ2n) is 5.07. The summed E-state index contributed by atoms with van der Waals surface area (Å²) in [5.74, 6) is 0.183. The van der Waals surface area contributed by atoms with Gasteiger partial charge in [-0.3, -0.25) is 0 Å². The van der Waals surface area contributed by atoms with Crippen LogP contribution in [0.25, 0.3) is 0 Å². The minimum atomic E-state index is -3.17. The van der Waals surface area contributed by atoms with Crippen LogP contribution in [0.4, 0.5) is 0 Å². The fourth-order valence-corrected chi connectivity index (χ4v) is 3.42. The standard InChI is InChI=1S/C15H25NO2S/c1-5-11-16-14(6-2)12(3)13-9-7-8-10-15(13)19(4,17)18/h7-10,12,14,16H,5-6,11H2,1-4H3. The summed E-state index contributed by atoms with van der Waals surface area (Å²) >= 11 is 0. The van der Waals surface area contributed by atoms with Gasteiger partial charge in [0.25, 0.3) is 0 Å². The number of nitrogens with one attached hydrogen (secondary N) is 1. The van der Waals surface area contributed by atoms with Crippen LogP contribution in [0.2, 0.25) is 0 Å². The number of hydrogen-bond donors (Lipinski definition) is 1. The highest BCUT2D eigenvalue weighted by atomic mass is 32.2. The highest BCUT2D eigenvalue weighted by Crippen LogP contribution is 2.27. The fraction of sp³-hybridized carbons (Fsp3) is 0.600. The second kappa shape index (κ2) is 7.06. The van der Waals surface area contributed by atoms with Gasteiger partial charge >= 0.3 is 0 Å². The van der Waals surface area contributed by atoms with Crippen LogP contribution in [-0.4, -0.2) is 27.3 Å². The molecule has 0 fully saturated rings. The van der Waals surface area contributed by atoms with E-state index in [1.54, 1.807) is 12.1 Å². The molecule has 0 saturated heterocycles. The van der Waals surface area contributed by atoms with Gasteiger partial charge in [-0.15, -0.1) is 0 Å². The molecule has 1 aromatic carbocycles. The van der Waals surface area contributed by atoms with Gasteiger partial charge in [0.05, 0.1) is 4.90 Å². The Bertz CT molecular complexity index is 497. The van der Waals surface area contributed by atoms with Gasteiger partial charge < -0.3 is 5.32 Å². The van der Waals surface area contributed by atoms with E-state index in [1.165, 1.54) is 6.26 Å². The highest BCUT2D eigenvalue weighted by molar-refractivity contribution is 7.90. The largest absolute Gasteiger partial charge is 0.313 e. The fourth-order valence-electron chi connectivity index (χ4n) is 2.42. The lowest BCUT2D eigenvalue weighted by molar-refractivity contribution is 0.434. The normalized spacial score (nSPS) is 15.2. The minimum absolute atomic E-state index is 0.183. The molecular weight excluding hydrogens is 258 g/mol. The third kappa shape index (κ3) is 4.32. The SMILES string of the molecule is CCCNC(CC)C(C)c1ccccc1S(C)(=O)=O. The lowest BCUT2D eigenvalue weighted by Crippen LogP contribution is -2.34. The maximum Gasteiger partial charge on any atom is 0.175 e. The molecule has 1 aromatic rings. The van der Waals surface area contributed by atoms with E-state index < -0.39 is 9.84 Å². The molecule has 0 amide bonds. The average molecular weight is 283 g/mol. The zero-order chi connectivity index (χ0) is 14.5. The van der Waals surface area contributed by atoms with E-state index in [0.29, 0.717) is 10.9 Å². The third-order valence-corrected chi connectivity index (χ3v) is 4.68. The first-order chi connectivity index (χ1) is 8.91. The monoisotopic (exact) mass is 283 g/mol. The molecule has 0 aromatic heterocycles. The van der Waals surface area contributed by atoms with Crippen molar-refractivity contribution in [1.82, 2.24) is 5.32 Å². The smallest absolute Gasteiger partial charge is 0.175 e. The first-order valence-corrected chi connectivity index (χ1v) is 8.83. The van der Waals surface area contributed by atoms with Crippen molar-refractivity contribution >= 4 is 9.84 Å². The molecule has 0 aliphatic heterocycles. The van der Waals surface area contributed by atoms with E-state index in [4.69, 9.17) is 0 Å². The summed E-state index contributed by atoms with van der Waals surface area (Å²) in [6, 6.07) is 7.63. The Morgan fingerprint density at radius 3 is 2.37 bits per heavy atom. The van der Waals surface area contributed by atoms with E-state index in [-0.39, 0.29) is 5.92 Å². The quantitative estimate of drug-likeness (QED) is 0.837. The van der Waals surface area contributed by atoms with Crippen LogP contribution >= 0.6 is 0 Å². The molecule has 3 nitrogen and oxygen atoms in total. The predicted molar refractivity (Wildman–Crippen MR) is 80.3 cm³/mol. The Labute approximate surface area is 117 Å². The lowest BCUT2D eigenvalue weighted by Gasteiger charge is -2.25. The van der Waals surface area contributed by atoms with Crippen molar-refractivity contribution in [1.29, 1.82) is 0 Å². The van der Waals surface area contributed by atoms with Crippen LogP contribution in [-0.2, 0) is 9.84 Å². The molecule has 0 aliphatic rings. The molecule has 19 heavy (non-hydrogen) atoms. The van der Waals surface area contributed by atoms with Crippen molar-refractivity contribution in [2.75, 3.05) is 12.8 Å². The molecule has 0 spiro atoms. The summed E-state index contributed by atoms with van der Waals surface area (Å²) in [5, 5.41) is 3.50. The first-order valence-electron chi connectivity index (χ1n) is 6.94. The van der Waals surface area contributed by atoms with Crippen molar-refractivity contribution in [3.8, 4) is 0 Å². The zero-order valence-corrected chi connectivity index (χ0v) is 13.1. The molecule has 0 radical (unpaired) electrons. The van der Waals surface area contributed by atoms with E-state index in [2.05, 4.69) is 26.1 Å². The molecule has 0 bridgehead atoms. The predicted octanol–water partition coefficient (Wildman–Crippen LogP) is 2.97. The average Bonchev–Trinajstić information content (AvgIpc) is 2.38. The van der Waals surface area contributed by atoms with Gasteiger partial charge in [0.2, 0.25) is 0 Å². The minimum Gasteiger partial charge on any atom is -0.313 e. The Morgan fingerprint density at radius 2 is 1.84 bits per heavy atom. The van der Waals surface area contributed by atoms with Gasteiger partial charge in [-0.05, 0) is 36.9 Å². The van der Waals surface area contributed by atoms with Gasteiger partial charge in [-0.1, -0.05) is 39.0 Å². The van der Waals surface area contributed by atoms with Gasteiger partial charge in [-0.25, -0.2) is 8.42 Å². The van der Waals surface area contributed by atoms with Crippen LogP contribution in [0.1, 0.15) is 45.1 Å². The molecule has 0 saturated carbocycles.